The smallest absolute Gasteiger partial charge is 0.314 e. The zero-order valence-electron chi connectivity index (χ0n) is 9.41. The summed E-state index contributed by atoms with van der Waals surface area (Å²) >= 11 is 0. The standard InChI is InChI=1S/C12H20N2O/c1-14(11(13)15)12-5-8-2-9(6-12)4-10(3-8)7-12/h8-10H,2-7H2,1H3,(H2,13,15). The molecule has 4 fully saturated rings. The second kappa shape index (κ2) is 2.89. The van der Waals surface area contributed by atoms with Crippen molar-refractivity contribution >= 4 is 6.03 Å². The van der Waals surface area contributed by atoms with E-state index in [0.717, 1.165) is 17.8 Å². The summed E-state index contributed by atoms with van der Waals surface area (Å²) in [5.41, 5.74) is 5.58. The number of nitrogens with two attached hydrogens (primary N) is 1. The Kier molecular flexibility index (Phi) is 1.83. The molecule has 84 valence electrons. The normalized spacial score (nSPS) is 46.9. The van der Waals surface area contributed by atoms with Crippen molar-refractivity contribution in [1.82, 2.24) is 4.90 Å². The summed E-state index contributed by atoms with van der Waals surface area (Å²) in [7, 11) is 1.90. The Morgan fingerprint density at radius 2 is 1.53 bits per heavy atom. The Morgan fingerprint density at radius 1 is 1.13 bits per heavy atom. The minimum Gasteiger partial charge on any atom is -0.351 e. The number of rotatable bonds is 1. The molecule has 0 aromatic heterocycles. The van der Waals surface area contributed by atoms with Gasteiger partial charge in [0.2, 0.25) is 0 Å². The molecule has 4 aliphatic carbocycles. The molecule has 0 unspecified atom stereocenters. The fourth-order valence-electron chi connectivity index (χ4n) is 4.71. The van der Waals surface area contributed by atoms with Crippen LogP contribution in [0.3, 0.4) is 0 Å². The number of carbonyl (C=O) groups excluding carboxylic acids is 1. The van der Waals surface area contributed by atoms with Gasteiger partial charge in [-0.2, -0.15) is 0 Å². The van der Waals surface area contributed by atoms with Crippen LogP contribution >= 0.6 is 0 Å². The SMILES string of the molecule is CN(C(N)=O)C12CC3CC(CC(C3)C1)C2. The van der Waals surface area contributed by atoms with Crippen LogP contribution in [0.25, 0.3) is 0 Å². The molecule has 0 radical (unpaired) electrons. The van der Waals surface area contributed by atoms with Crippen LogP contribution in [0.5, 0.6) is 0 Å². The molecule has 0 spiro atoms. The molecule has 0 aliphatic heterocycles. The summed E-state index contributed by atoms with van der Waals surface area (Å²) in [6, 6.07) is -0.239. The number of hydrogen-bond acceptors (Lipinski definition) is 1. The van der Waals surface area contributed by atoms with Gasteiger partial charge in [0, 0.05) is 12.6 Å². The first-order valence-corrected chi connectivity index (χ1v) is 6.12. The summed E-state index contributed by atoms with van der Waals surface area (Å²) in [5, 5.41) is 0. The molecule has 15 heavy (non-hydrogen) atoms. The van der Waals surface area contributed by atoms with E-state index in [0.29, 0.717) is 0 Å². The first-order chi connectivity index (χ1) is 7.09. The van der Waals surface area contributed by atoms with Gasteiger partial charge in [-0.3, -0.25) is 0 Å². The lowest BCUT2D eigenvalue weighted by atomic mass is 9.52. The van der Waals surface area contributed by atoms with E-state index in [9.17, 15) is 4.79 Å². The van der Waals surface area contributed by atoms with Gasteiger partial charge in [-0.25, -0.2) is 4.79 Å². The molecule has 4 bridgehead atoms. The van der Waals surface area contributed by atoms with Crippen LogP contribution in [0, 0.1) is 17.8 Å². The molecule has 3 heteroatoms. The van der Waals surface area contributed by atoms with Gasteiger partial charge in [0.25, 0.3) is 0 Å². The van der Waals surface area contributed by atoms with Crippen molar-refractivity contribution in [3.05, 3.63) is 0 Å². The van der Waals surface area contributed by atoms with Crippen molar-refractivity contribution in [1.29, 1.82) is 0 Å². The molecule has 4 saturated carbocycles. The van der Waals surface area contributed by atoms with E-state index >= 15 is 0 Å². The maximum atomic E-state index is 11.4. The summed E-state index contributed by atoms with van der Waals surface area (Å²) in [4.78, 5) is 13.2. The lowest BCUT2D eigenvalue weighted by Crippen LogP contribution is -2.61. The summed E-state index contributed by atoms with van der Waals surface area (Å²) in [6.45, 7) is 0. The van der Waals surface area contributed by atoms with E-state index in [4.69, 9.17) is 5.73 Å². The molecule has 4 rings (SSSR count). The number of primary amides is 1. The number of amides is 2. The van der Waals surface area contributed by atoms with Crippen LogP contribution < -0.4 is 5.73 Å². The van der Waals surface area contributed by atoms with Crippen LogP contribution in [0.4, 0.5) is 4.79 Å². The van der Waals surface area contributed by atoms with E-state index < -0.39 is 0 Å². The molecule has 2 N–H and O–H groups in total. The Balaban J connectivity index is 1.89. The number of urea groups is 1. The van der Waals surface area contributed by atoms with Crippen molar-refractivity contribution < 1.29 is 4.79 Å². The number of hydrogen-bond donors (Lipinski definition) is 1. The first-order valence-electron chi connectivity index (χ1n) is 6.12. The van der Waals surface area contributed by atoms with Crippen LogP contribution in [0.2, 0.25) is 0 Å². The fourth-order valence-corrected chi connectivity index (χ4v) is 4.71. The second-order valence-electron chi connectivity index (χ2n) is 6.04. The van der Waals surface area contributed by atoms with E-state index in [-0.39, 0.29) is 11.6 Å². The maximum Gasteiger partial charge on any atom is 0.314 e. The van der Waals surface area contributed by atoms with Crippen molar-refractivity contribution in [2.75, 3.05) is 7.05 Å². The minimum absolute atomic E-state index is 0.139. The second-order valence-corrected chi connectivity index (χ2v) is 6.04. The molecule has 0 aromatic carbocycles. The maximum absolute atomic E-state index is 11.4. The quantitative estimate of drug-likeness (QED) is 0.703. The largest absolute Gasteiger partial charge is 0.351 e. The van der Waals surface area contributed by atoms with Crippen molar-refractivity contribution in [3.63, 3.8) is 0 Å². The number of carbonyl (C=O) groups is 1. The molecule has 0 heterocycles. The van der Waals surface area contributed by atoms with Crippen LogP contribution in [-0.2, 0) is 0 Å². The van der Waals surface area contributed by atoms with Gasteiger partial charge in [0.05, 0.1) is 0 Å². The minimum atomic E-state index is -0.239. The van der Waals surface area contributed by atoms with E-state index in [2.05, 4.69) is 0 Å². The zero-order chi connectivity index (χ0) is 10.6. The Morgan fingerprint density at radius 3 is 1.87 bits per heavy atom. The topological polar surface area (TPSA) is 46.3 Å². The molecule has 0 atom stereocenters. The predicted molar refractivity (Wildman–Crippen MR) is 58.2 cm³/mol. The van der Waals surface area contributed by atoms with Gasteiger partial charge in [-0.05, 0) is 56.3 Å². The summed E-state index contributed by atoms with van der Waals surface area (Å²) in [5.74, 6) is 2.62. The molecule has 2 amide bonds. The third-order valence-electron chi connectivity index (χ3n) is 5.05. The van der Waals surface area contributed by atoms with Crippen molar-refractivity contribution in [2.24, 2.45) is 23.5 Å². The third kappa shape index (κ3) is 1.28. The van der Waals surface area contributed by atoms with Crippen LogP contribution in [0.15, 0.2) is 0 Å². The molecule has 4 aliphatic rings. The molecule has 0 aromatic rings. The highest BCUT2D eigenvalue weighted by Crippen LogP contribution is 2.57. The Bertz CT molecular complexity index is 265. The monoisotopic (exact) mass is 208 g/mol. The van der Waals surface area contributed by atoms with Gasteiger partial charge in [0.1, 0.15) is 0 Å². The average molecular weight is 208 g/mol. The van der Waals surface area contributed by atoms with Gasteiger partial charge >= 0.3 is 6.03 Å². The Hall–Kier alpha value is -0.730. The lowest BCUT2D eigenvalue weighted by Gasteiger charge is -2.59. The molecule has 0 saturated heterocycles. The lowest BCUT2D eigenvalue weighted by molar-refractivity contribution is -0.0610. The Labute approximate surface area is 91.0 Å². The number of nitrogens with zero attached hydrogens (tertiary/aromatic N) is 1. The van der Waals surface area contributed by atoms with E-state index in [1.165, 1.54) is 38.5 Å². The molecular weight excluding hydrogens is 188 g/mol. The van der Waals surface area contributed by atoms with Crippen molar-refractivity contribution in [2.45, 2.75) is 44.1 Å². The van der Waals surface area contributed by atoms with Crippen LogP contribution in [0.1, 0.15) is 38.5 Å². The summed E-state index contributed by atoms with van der Waals surface area (Å²) in [6.07, 6.45) is 7.85. The predicted octanol–water partition coefficient (Wildman–Crippen LogP) is 1.97. The van der Waals surface area contributed by atoms with E-state index in [1.54, 1.807) is 0 Å². The molecular formula is C12H20N2O. The van der Waals surface area contributed by atoms with Gasteiger partial charge in [-0.1, -0.05) is 0 Å². The highest BCUT2D eigenvalue weighted by Gasteiger charge is 2.53. The molecule has 3 nitrogen and oxygen atoms in total. The summed E-state index contributed by atoms with van der Waals surface area (Å²) < 4.78 is 0. The van der Waals surface area contributed by atoms with Crippen molar-refractivity contribution in [3.8, 4) is 0 Å². The average Bonchev–Trinajstić information content (AvgIpc) is 2.14. The van der Waals surface area contributed by atoms with Gasteiger partial charge in [-0.15, -0.1) is 0 Å². The first kappa shape index (κ1) is 9.49. The van der Waals surface area contributed by atoms with Gasteiger partial charge < -0.3 is 10.6 Å². The fraction of sp³-hybridized carbons (Fsp3) is 0.917. The zero-order valence-corrected chi connectivity index (χ0v) is 9.41. The highest BCUT2D eigenvalue weighted by atomic mass is 16.2. The van der Waals surface area contributed by atoms with Gasteiger partial charge in [0.15, 0.2) is 0 Å². The van der Waals surface area contributed by atoms with E-state index in [1.807, 2.05) is 11.9 Å². The van der Waals surface area contributed by atoms with Crippen LogP contribution in [-0.4, -0.2) is 23.5 Å². The highest BCUT2D eigenvalue weighted by molar-refractivity contribution is 5.72. The third-order valence-corrected chi connectivity index (χ3v) is 5.05.